The van der Waals surface area contributed by atoms with Crippen molar-refractivity contribution in [1.82, 2.24) is 4.98 Å². The van der Waals surface area contributed by atoms with E-state index in [0.29, 0.717) is 17.7 Å². The smallest absolute Gasteiger partial charge is 0.145 e. The maximum atomic E-state index is 13.6. The molecule has 3 aliphatic heterocycles. The molecule has 0 aliphatic carbocycles. The van der Waals surface area contributed by atoms with Gasteiger partial charge < -0.3 is 15.0 Å². The molecule has 1 aromatic carbocycles. The van der Waals surface area contributed by atoms with E-state index in [4.69, 9.17) is 9.72 Å². The van der Waals surface area contributed by atoms with Crippen molar-refractivity contribution in [1.29, 1.82) is 0 Å². The fourth-order valence-electron chi connectivity index (χ4n) is 4.81. The second-order valence-corrected chi connectivity index (χ2v) is 9.97. The largest absolute Gasteiger partial charge is 0.381 e. The molecule has 3 aliphatic rings. The number of rotatable bonds is 4. The number of pyridine rings is 1. The average Bonchev–Trinajstić information content (AvgIpc) is 3.16. The van der Waals surface area contributed by atoms with Gasteiger partial charge in [0.1, 0.15) is 17.5 Å². The number of benzene rings is 1. The predicted octanol–water partition coefficient (Wildman–Crippen LogP) is 3.86. The highest BCUT2D eigenvalue weighted by Gasteiger charge is 2.29. The van der Waals surface area contributed by atoms with Crippen LogP contribution in [0.15, 0.2) is 35.2 Å². The van der Waals surface area contributed by atoms with E-state index >= 15 is 0 Å². The number of nitrogens with one attached hydrogen (secondary N) is 1. The summed E-state index contributed by atoms with van der Waals surface area (Å²) in [6, 6.07) is 9.46. The van der Waals surface area contributed by atoms with Crippen molar-refractivity contribution in [3.8, 4) is 0 Å². The maximum Gasteiger partial charge on any atom is 0.145 e. The van der Waals surface area contributed by atoms with Gasteiger partial charge in [-0.25, -0.2) is 9.37 Å². The molecule has 0 saturated carbocycles. The van der Waals surface area contributed by atoms with E-state index in [1.807, 2.05) is 6.07 Å². The van der Waals surface area contributed by atoms with Crippen LogP contribution >= 0.6 is 0 Å². The van der Waals surface area contributed by atoms with Crippen molar-refractivity contribution in [3.63, 3.8) is 0 Å². The van der Waals surface area contributed by atoms with Crippen molar-refractivity contribution in [2.24, 2.45) is 0 Å². The van der Waals surface area contributed by atoms with Crippen LogP contribution in [0.25, 0.3) is 0 Å². The van der Waals surface area contributed by atoms with E-state index in [9.17, 15) is 8.60 Å². The molecule has 160 valence electrons. The van der Waals surface area contributed by atoms with E-state index in [0.717, 1.165) is 80.5 Å². The lowest BCUT2D eigenvalue weighted by molar-refractivity contribution is 0.0903. The van der Waals surface area contributed by atoms with Crippen molar-refractivity contribution < 1.29 is 13.3 Å². The molecule has 0 bridgehead atoms. The summed E-state index contributed by atoms with van der Waals surface area (Å²) in [6.07, 6.45) is 4.71. The molecule has 2 saturated heterocycles. The number of halogens is 1. The van der Waals surface area contributed by atoms with Crippen molar-refractivity contribution in [2.75, 3.05) is 42.3 Å². The molecule has 1 unspecified atom stereocenters. The van der Waals surface area contributed by atoms with Gasteiger partial charge in [-0.1, -0.05) is 12.1 Å². The van der Waals surface area contributed by atoms with Crippen molar-refractivity contribution in [2.45, 2.75) is 49.0 Å². The molecule has 0 radical (unpaired) electrons. The minimum absolute atomic E-state index is 0.160. The van der Waals surface area contributed by atoms with Gasteiger partial charge in [-0.3, -0.25) is 4.21 Å². The van der Waals surface area contributed by atoms with Crippen LogP contribution < -0.4 is 10.2 Å². The summed E-state index contributed by atoms with van der Waals surface area (Å²) >= 11 is 0. The van der Waals surface area contributed by atoms with Gasteiger partial charge in [-0.2, -0.15) is 0 Å². The fraction of sp³-hybridized carbons (Fsp3) is 0.522. The Balaban J connectivity index is 1.34. The first-order chi connectivity index (χ1) is 14.7. The second-order valence-electron chi connectivity index (χ2n) is 8.46. The molecule has 7 heteroatoms. The van der Waals surface area contributed by atoms with E-state index < -0.39 is 10.8 Å². The van der Waals surface area contributed by atoms with E-state index in [1.165, 1.54) is 11.6 Å². The Morgan fingerprint density at radius 1 is 1.13 bits per heavy atom. The van der Waals surface area contributed by atoms with Crippen LogP contribution in [0.2, 0.25) is 0 Å². The molecule has 1 aromatic heterocycles. The summed E-state index contributed by atoms with van der Waals surface area (Å²) in [6.45, 7) is 3.31. The topological polar surface area (TPSA) is 54.5 Å². The summed E-state index contributed by atoms with van der Waals surface area (Å²) in [7, 11) is -0.970. The molecule has 4 heterocycles. The van der Waals surface area contributed by atoms with E-state index in [2.05, 4.69) is 16.3 Å². The molecular formula is C23H28FN3O2S. The zero-order valence-corrected chi connectivity index (χ0v) is 17.9. The third-order valence-electron chi connectivity index (χ3n) is 6.52. The van der Waals surface area contributed by atoms with Gasteiger partial charge in [0.15, 0.2) is 0 Å². The standard InChI is InChI=1S/C23H28FN3O2S/c24-19-3-1-2-17(14-19)16-4-9-27(10-5-16)21-15-18-8-13-30(28)22(18)23(26-21)25-20-6-11-29-12-7-20/h1-3,14-16,20H,4-13H2,(H,25,26). The monoisotopic (exact) mass is 429 g/mol. The first-order valence-electron chi connectivity index (χ1n) is 10.9. The molecular weight excluding hydrogens is 401 g/mol. The Labute approximate surface area is 179 Å². The van der Waals surface area contributed by atoms with Crippen LogP contribution in [0.4, 0.5) is 16.0 Å². The summed E-state index contributed by atoms with van der Waals surface area (Å²) in [4.78, 5) is 8.17. The zero-order chi connectivity index (χ0) is 20.5. The second kappa shape index (κ2) is 8.63. The number of ether oxygens (including phenoxy) is 1. The minimum Gasteiger partial charge on any atom is -0.381 e. The highest BCUT2D eigenvalue weighted by atomic mass is 32.2. The summed E-state index contributed by atoms with van der Waals surface area (Å²) in [5.74, 6) is 2.69. The lowest BCUT2D eigenvalue weighted by Gasteiger charge is -2.34. The Morgan fingerprint density at radius 2 is 1.93 bits per heavy atom. The van der Waals surface area contributed by atoms with E-state index in [1.54, 1.807) is 12.1 Å². The summed E-state index contributed by atoms with van der Waals surface area (Å²) < 4.78 is 31.7. The van der Waals surface area contributed by atoms with Crippen LogP contribution in [0.3, 0.4) is 0 Å². The lowest BCUT2D eigenvalue weighted by atomic mass is 9.89. The van der Waals surface area contributed by atoms with Gasteiger partial charge >= 0.3 is 0 Å². The number of anilines is 2. The van der Waals surface area contributed by atoms with Gasteiger partial charge in [-0.05, 0) is 67.3 Å². The molecule has 2 aromatic rings. The highest BCUT2D eigenvalue weighted by Crippen LogP contribution is 2.36. The first kappa shape index (κ1) is 19.9. The van der Waals surface area contributed by atoms with Crippen LogP contribution in [-0.4, -0.2) is 47.3 Å². The number of nitrogens with zero attached hydrogens (tertiary/aromatic N) is 2. The van der Waals surface area contributed by atoms with Gasteiger partial charge in [0, 0.05) is 38.1 Å². The van der Waals surface area contributed by atoms with Crippen LogP contribution in [0.5, 0.6) is 0 Å². The van der Waals surface area contributed by atoms with Crippen molar-refractivity contribution in [3.05, 3.63) is 47.3 Å². The van der Waals surface area contributed by atoms with Crippen LogP contribution in [0, 0.1) is 5.82 Å². The fourth-order valence-corrected chi connectivity index (χ4v) is 6.20. The highest BCUT2D eigenvalue weighted by molar-refractivity contribution is 7.85. The molecule has 0 spiro atoms. The Kier molecular flexibility index (Phi) is 5.74. The summed E-state index contributed by atoms with van der Waals surface area (Å²) in [5, 5.41) is 3.58. The molecule has 1 N–H and O–H groups in total. The molecule has 5 nitrogen and oxygen atoms in total. The number of fused-ring (bicyclic) bond motifs is 1. The number of hydrogen-bond acceptors (Lipinski definition) is 5. The van der Waals surface area contributed by atoms with Gasteiger partial charge in [0.2, 0.25) is 0 Å². The normalized spacial score (nSPS) is 22.8. The van der Waals surface area contributed by atoms with E-state index in [-0.39, 0.29) is 5.82 Å². The van der Waals surface area contributed by atoms with Gasteiger partial charge in [-0.15, -0.1) is 0 Å². The molecule has 30 heavy (non-hydrogen) atoms. The molecule has 5 rings (SSSR count). The third-order valence-corrected chi connectivity index (χ3v) is 8.01. The van der Waals surface area contributed by atoms with Crippen LogP contribution in [-0.2, 0) is 22.0 Å². The average molecular weight is 430 g/mol. The van der Waals surface area contributed by atoms with Gasteiger partial charge in [0.25, 0.3) is 0 Å². The number of aryl methyl sites for hydroxylation is 1. The quantitative estimate of drug-likeness (QED) is 0.800. The zero-order valence-electron chi connectivity index (χ0n) is 17.1. The van der Waals surface area contributed by atoms with Crippen molar-refractivity contribution >= 4 is 22.4 Å². The molecule has 1 atom stereocenters. The number of aromatic nitrogens is 1. The third kappa shape index (κ3) is 4.10. The molecule has 2 fully saturated rings. The number of piperidine rings is 1. The minimum atomic E-state index is -0.970. The Morgan fingerprint density at radius 3 is 2.70 bits per heavy atom. The van der Waals surface area contributed by atoms with Gasteiger partial charge in [0.05, 0.1) is 15.7 Å². The Bertz CT molecular complexity index is 940. The predicted molar refractivity (Wildman–Crippen MR) is 117 cm³/mol. The van der Waals surface area contributed by atoms with Crippen LogP contribution in [0.1, 0.15) is 42.7 Å². The Hall–Kier alpha value is -1.99. The number of hydrogen-bond donors (Lipinski definition) is 1. The maximum absolute atomic E-state index is 13.6. The SMILES string of the molecule is O=S1CCc2cc(N3CCC(c4cccc(F)c4)CC3)nc(NC3CCOCC3)c21. The summed E-state index contributed by atoms with van der Waals surface area (Å²) in [5.41, 5.74) is 2.26. The molecule has 0 amide bonds. The first-order valence-corrected chi connectivity index (χ1v) is 12.3. The lowest BCUT2D eigenvalue weighted by Crippen LogP contribution is -2.34.